The molecular formula is C6H4O4. The molecule has 0 atom stereocenters. The van der Waals surface area contributed by atoms with Gasteiger partial charge in [-0.3, -0.25) is 4.79 Å². The van der Waals surface area contributed by atoms with Crippen molar-refractivity contribution in [1.29, 1.82) is 0 Å². The van der Waals surface area contributed by atoms with Crippen LogP contribution in [0.5, 0.6) is 11.5 Å². The van der Waals surface area contributed by atoms with Crippen LogP contribution in [0.15, 0.2) is 10.7 Å². The fourth-order valence-electron chi connectivity index (χ4n) is 0.820. The summed E-state index contributed by atoms with van der Waals surface area (Å²) < 4.78 is 14.6. The molecule has 4 nitrogen and oxygen atoms in total. The Bertz CT molecular complexity index is 263. The van der Waals surface area contributed by atoms with Crippen molar-refractivity contribution in [3.63, 3.8) is 0 Å². The molecule has 1 aliphatic heterocycles. The maximum absolute atomic E-state index is 10.2. The highest BCUT2D eigenvalue weighted by Gasteiger charge is 2.21. The monoisotopic (exact) mass is 140 g/mol. The molecule has 0 unspecified atom stereocenters. The van der Waals surface area contributed by atoms with Crippen molar-refractivity contribution in [2.75, 3.05) is 6.79 Å². The Kier molecular flexibility index (Phi) is 0.943. The molecule has 0 radical (unpaired) electrons. The van der Waals surface area contributed by atoms with Gasteiger partial charge in [0.15, 0.2) is 6.29 Å². The molecule has 0 amide bonds. The zero-order valence-electron chi connectivity index (χ0n) is 4.99. The molecule has 1 aromatic heterocycles. The summed E-state index contributed by atoms with van der Waals surface area (Å²) in [6.45, 7) is 0.169. The van der Waals surface area contributed by atoms with E-state index in [0.717, 1.165) is 0 Å². The first kappa shape index (κ1) is 5.34. The largest absolute Gasteiger partial charge is 0.453 e. The van der Waals surface area contributed by atoms with Gasteiger partial charge in [-0.1, -0.05) is 0 Å². The van der Waals surface area contributed by atoms with Gasteiger partial charge < -0.3 is 13.9 Å². The van der Waals surface area contributed by atoms with Gasteiger partial charge in [-0.15, -0.1) is 0 Å². The third-order valence-corrected chi connectivity index (χ3v) is 1.27. The van der Waals surface area contributed by atoms with Crippen molar-refractivity contribution >= 4 is 6.29 Å². The van der Waals surface area contributed by atoms with E-state index in [2.05, 4.69) is 0 Å². The third kappa shape index (κ3) is 0.528. The van der Waals surface area contributed by atoms with Gasteiger partial charge in [-0.05, 0) is 0 Å². The van der Waals surface area contributed by atoms with Gasteiger partial charge in [0.05, 0.1) is 0 Å². The molecule has 0 bridgehead atoms. The number of aldehydes is 1. The summed E-state index contributed by atoms with van der Waals surface area (Å²) >= 11 is 0. The Morgan fingerprint density at radius 2 is 2.40 bits per heavy atom. The van der Waals surface area contributed by atoms with Crippen molar-refractivity contribution < 1.29 is 18.7 Å². The smallest absolute Gasteiger partial charge is 0.231 e. The molecule has 4 heteroatoms. The van der Waals surface area contributed by atoms with E-state index in [1.54, 1.807) is 0 Å². The van der Waals surface area contributed by atoms with Crippen molar-refractivity contribution in [3.05, 3.63) is 12.0 Å². The highest BCUT2D eigenvalue weighted by Crippen LogP contribution is 2.36. The van der Waals surface area contributed by atoms with Crippen LogP contribution >= 0.6 is 0 Å². The van der Waals surface area contributed by atoms with Gasteiger partial charge >= 0.3 is 0 Å². The Morgan fingerprint density at radius 1 is 1.50 bits per heavy atom. The van der Waals surface area contributed by atoms with E-state index in [1.165, 1.54) is 6.26 Å². The first-order chi connectivity index (χ1) is 4.92. The van der Waals surface area contributed by atoms with Crippen molar-refractivity contribution in [2.24, 2.45) is 0 Å². The number of carbonyl (C=O) groups excluding carboxylic acids is 1. The lowest BCUT2D eigenvalue weighted by Crippen LogP contribution is -1.95. The van der Waals surface area contributed by atoms with Gasteiger partial charge in [0.1, 0.15) is 6.26 Å². The molecule has 2 heterocycles. The summed E-state index contributed by atoms with van der Waals surface area (Å²) in [5.74, 6) is 1.10. The zero-order chi connectivity index (χ0) is 6.97. The van der Waals surface area contributed by atoms with Gasteiger partial charge in [0.25, 0.3) is 0 Å². The number of carbonyl (C=O) groups is 1. The van der Waals surface area contributed by atoms with E-state index in [1.807, 2.05) is 0 Å². The molecule has 1 aliphatic rings. The zero-order valence-corrected chi connectivity index (χ0v) is 4.99. The van der Waals surface area contributed by atoms with Gasteiger partial charge in [0.2, 0.25) is 24.1 Å². The average molecular weight is 140 g/mol. The molecule has 0 saturated carbocycles. The van der Waals surface area contributed by atoms with Crippen LogP contribution in [-0.2, 0) is 0 Å². The molecule has 0 aromatic carbocycles. The Balaban J connectivity index is 2.53. The highest BCUT2D eigenvalue weighted by molar-refractivity contribution is 5.77. The number of hydrogen-bond donors (Lipinski definition) is 0. The van der Waals surface area contributed by atoms with E-state index in [4.69, 9.17) is 13.9 Å². The summed E-state index contributed by atoms with van der Waals surface area (Å²) in [5.41, 5.74) is 0. The van der Waals surface area contributed by atoms with E-state index < -0.39 is 0 Å². The van der Waals surface area contributed by atoms with Crippen LogP contribution in [0.4, 0.5) is 0 Å². The molecule has 10 heavy (non-hydrogen) atoms. The van der Waals surface area contributed by atoms with E-state index in [9.17, 15) is 4.79 Å². The second kappa shape index (κ2) is 1.76. The predicted molar refractivity (Wildman–Crippen MR) is 30.2 cm³/mol. The average Bonchev–Trinajstić information content (AvgIpc) is 2.44. The third-order valence-electron chi connectivity index (χ3n) is 1.27. The second-order valence-electron chi connectivity index (χ2n) is 1.82. The summed E-state index contributed by atoms with van der Waals surface area (Å²) in [7, 11) is 0. The molecule has 0 spiro atoms. The first-order valence-corrected chi connectivity index (χ1v) is 2.74. The lowest BCUT2D eigenvalue weighted by atomic mass is 10.4. The molecule has 1 aromatic rings. The predicted octanol–water partition coefficient (Wildman–Crippen LogP) is 0.821. The molecular weight excluding hydrogens is 136 g/mol. The van der Waals surface area contributed by atoms with Crippen molar-refractivity contribution in [1.82, 2.24) is 0 Å². The highest BCUT2D eigenvalue weighted by atomic mass is 16.7. The minimum Gasteiger partial charge on any atom is -0.453 e. The lowest BCUT2D eigenvalue weighted by Gasteiger charge is -1.89. The van der Waals surface area contributed by atoms with Crippen LogP contribution in [0.3, 0.4) is 0 Å². The first-order valence-electron chi connectivity index (χ1n) is 2.74. The minimum atomic E-state index is 0.169. The normalized spacial score (nSPS) is 13.6. The number of rotatable bonds is 1. The molecule has 0 aliphatic carbocycles. The summed E-state index contributed by atoms with van der Waals surface area (Å²) in [5, 5.41) is 0. The van der Waals surface area contributed by atoms with Gasteiger partial charge in [0, 0.05) is 0 Å². The Labute approximate surface area is 56.3 Å². The molecule has 0 saturated heterocycles. The lowest BCUT2D eigenvalue weighted by molar-refractivity contribution is 0.108. The quantitative estimate of drug-likeness (QED) is 0.542. The van der Waals surface area contributed by atoms with Gasteiger partial charge in [-0.2, -0.15) is 0 Å². The van der Waals surface area contributed by atoms with Crippen molar-refractivity contribution in [2.45, 2.75) is 0 Å². The standard InChI is InChI=1S/C6H4O4/c7-1-4-6-5(2-8-4)9-3-10-6/h1-2H,3H2. The van der Waals surface area contributed by atoms with Crippen LogP contribution in [0.25, 0.3) is 0 Å². The number of furan rings is 1. The number of hydrogen-bond acceptors (Lipinski definition) is 4. The summed E-state index contributed by atoms with van der Waals surface area (Å²) in [4.78, 5) is 10.2. The van der Waals surface area contributed by atoms with E-state index in [0.29, 0.717) is 17.8 Å². The van der Waals surface area contributed by atoms with Crippen molar-refractivity contribution in [3.8, 4) is 11.5 Å². The van der Waals surface area contributed by atoms with Crippen LogP contribution in [-0.4, -0.2) is 13.1 Å². The minimum absolute atomic E-state index is 0.169. The number of fused-ring (bicyclic) bond motifs is 1. The molecule has 2 rings (SSSR count). The van der Waals surface area contributed by atoms with Gasteiger partial charge in [-0.25, -0.2) is 0 Å². The fourth-order valence-corrected chi connectivity index (χ4v) is 0.820. The Morgan fingerprint density at radius 3 is 3.20 bits per heavy atom. The molecule has 52 valence electrons. The van der Waals surface area contributed by atoms with E-state index >= 15 is 0 Å². The topological polar surface area (TPSA) is 48.7 Å². The van der Waals surface area contributed by atoms with Crippen LogP contribution in [0.2, 0.25) is 0 Å². The maximum Gasteiger partial charge on any atom is 0.231 e. The number of ether oxygens (including phenoxy) is 2. The van der Waals surface area contributed by atoms with Crippen LogP contribution in [0.1, 0.15) is 10.6 Å². The van der Waals surface area contributed by atoms with Crippen LogP contribution in [0, 0.1) is 0 Å². The Hall–Kier alpha value is -1.45. The maximum atomic E-state index is 10.2. The summed E-state index contributed by atoms with van der Waals surface area (Å²) in [6, 6.07) is 0. The molecule has 0 fully saturated rings. The molecule has 0 N–H and O–H groups in total. The fraction of sp³-hybridized carbons (Fsp3) is 0.167. The van der Waals surface area contributed by atoms with E-state index in [-0.39, 0.29) is 12.6 Å². The second-order valence-corrected chi connectivity index (χ2v) is 1.82. The summed E-state index contributed by atoms with van der Waals surface area (Å²) in [6.07, 6.45) is 1.94. The van der Waals surface area contributed by atoms with Crippen LogP contribution < -0.4 is 9.47 Å². The SMILES string of the molecule is O=Cc1occ2c1OCO2.